The Bertz CT molecular complexity index is 717. The van der Waals surface area contributed by atoms with Crippen LogP contribution in [-0.2, 0) is 0 Å². The van der Waals surface area contributed by atoms with Crippen molar-refractivity contribution in [1.29, 1.82) is 0 Å². The molecular formula is C12H9N5S. The fourth-order valence-electron chi connectivity index (χ4n) is 1.71. The second kappa shape index (κ2) is 4.15. The zero-order valence-electron chi connectivity index (χ0n) is 9.32. The summed E-state index contributed by atoms with van der Waals surface area (Å²) in [5.41, 5.74) is 6.97. The number of rotatable bonds is 2. The van der Waals surface area contributed by atoms with E-state index in [0.717, 1.165) is 10.9 Å². The van der Waals surface area contributed by atoms with Crippen LogP contribution in [0.3, 0.4) is 0 Å². The Labute approximate surface area is 108 Å². The number of aromatic nitrogens is 4. The fourth-order valence-corrected chi connectivity index (χ4v) is 1.82. The highest BCUT2D eigenvalue weighted by Gasteiger charge is 2.06. The normalized spacial score (nSPS) is 10.7. The maximum absolute atomic E-state index is 5.48. The van der Waals surface area contributed by atoms with E-state index in [2.05, 4.69) is 15.1 Å². The van der Waals surface area contributed by atoms with Crippen molar-refractivity contribution >= 4 is 28.1 Å². The summed E-state index contributed by atoms with van der Waals surface area (Å²) in [6.45, 7) is 0. The van der Waals surface area contributed by atoms with Gasteiger partial charge in [0.05, 0.1) is 24.1 Å². The van der Waals surface area contributed by atoms with Gasteiger partial charge in [0, 0.05) is 5.39 Å². The smallest absolute Gasteiger partial charge is 0.172 e. The highest BCUT2D eigenvalue weighted by molar-refractivity contribution is 7.80. The number of nitrogens with zero attached hydrogens (tertiary/aromatic N) is 4. The molecular weight excluding hydrogens is 246 g/mol. The van der Waals surface area contributed by atoms with Crippen LogP contribution in [0.25, 0.3) is 16.7 Å². The summed E-state index contributed by atoms with van der Waals surface area (Å²) in [6, 6.07) is 7.90. The van der Waals surface area contributed by atoms with Crippen LogP contribution >= 0.6 is 12.2 Å². The summed E-state index contributed by atoms with van der Waals surface area (Å²) < 4.78 is 1.73. The first-order valence-electron chi connectivity index (χ1n) is 5.31. The largest absolute Gasteiger partial charge is 0.388 e. The third-order valence-corrected chi connectivity index (χ3v) is 2.79. The molecule has 0 aliphatic carbocycles. The highest BCUT2D eigenvalue weighted by atomic mass is 32.1. The Morgan fingerprint density at radius 1 is 1.11 bits per heavy atom. The van der Waals surface area contributed by atoms with E-state index >= 15 is 0 Å². The van der Waals surface area contributed by atoms with E-state index in [1.165, 1.54) is 0 Å². The molecule has 0 saturated heterocycles. The lowest BCUT2D eigenvalue weighted by Crippen LogP contribution is -2.12. The van der Waals surface area contributed by atoms with Crippen molar-refractivity contribution in [2.45, 2.75) is 0 Å². The molecule has 5 nitrogen and oxygen atoms in total. The number of benzene rings is 1. The van der Waals surface area contributed by atoms with Crippen molar-refractivity contribution in [3.05, 3.63) is 48.5 Å². The van der Waals surface area contributed by atoms with Crippen LogP contribution in [0.2, 0.25) is 0 Å². The van der Waals surface area contributed by atoms with Gasteiger partial charge in [0.15, 0.2) is 5.82 Å². The molecule has 3 aromatic rings. The SMILES string of the molecule is NC(=S)c1cnc(-n2ncc3ccccc32)cn1. The van der Waals surface area contributed by atoms with Gasteiger partial charge >= 0.3 is 0 Å². The van der Waals surface area contributed by atoms with Gasteiger partial charge in [-0.25, -0.2) is 14.6 Å². The molecule has 0 aliphatic heterocycles. The molecule has 0 radical (unpaired) electrons. The van der Waals surface area contributed by atoms with Crippen LogP contribution in [0, 0.1) is 0 Å². The van der Waals surface area contributed by atoms with Gasteiger partial charge in [-0.15, -0.1) is 0 Å². The zero-order valence-corrected chi connectivity index (χ0v) is 10.1. The second-order valence-electron chi connectivity index (χ2n) is 3.74. The molecule has 0 spiro atoms. The molecule has 0 fully saturated rings. The number of para-hydroxylation sites is 1. The molecule has 0 unspecified atom stereocenters. The molecule has 2 N–H and O–H groups in total. The first kappa shape index (κ1) is 10.8. The number of fused-ring (bicyclic) bond motifs is 1. The van der Waals surface area contributed by atoms with Gasteiger partial charge in [-0.1, -0.05) is 30.4 Å². The van der Waals surface area contributed by atoms with Crippen molar-refractivity contribution in [3.63, 3.8) is 0 Å². The van der Waals surface area contributed by atoms with Crippen LogP contribution in [0.1, 0.15) is 5.69 Å². The minimum absolute atomic E-state index is 0.236. The minimum atomic E-state index is 0.236. The first-order valence-corrected chi connectivity index (χ1v) is 5.71. The van der Waals surface area contributed by atoms with Gasteiger partial charge in [-0.3, -0.25) is 0 Å². The Morgan fingerprint density at radius 3 is 2.67 bits per heavy atom. The topological polar surface area (TPSA) is 69.6 Å². The Hall–Kier alpha value is -2.34. The average Bonchev–Trinajstić information content (AvgIpc) is 2.82. The number of thiocarbonyl (C=S) groups is 1. The Kier molecular flexibility index (Phi) is 2.49. The quantitative estimate of drug-likeness (QED) is 0.702. The van der Waals surface area contributed by atoms with E-state index in [1.54, 1.807) is 23.3 Å². The van der Waals surface area contributed by atoms with E-state index in [0.29, 0.717) is 11.5 Å². The molecule has 0 amide bonds. The lowest BCUT2D eigenvalue weighted by molar-refractivity contribution is 0.863. The lowest BCUT2D eigenvalue weighted by Gasteiger charge is -2.02. The number of hydrogen-bond donors (Lipinski definition) is 1. The van der Waals surface area contributed by atoms with Gasteiger partial charge in [0.1, 0.15) is 10.7 Å². The van der Waals surface area contributed by atoms with Crippen molar-refractivity contribution in [2.75, 3.05) is 0 Å². The molecule has 3 rings (SSSR count). The summed E-state index contributed by atoms with van der Waals surface area (Å²) in [4.78, 5) is 8.65. The maximum atomic E-state index is 5.48. The third kappa shape index (κ3) is 1.72. The van der Waals surface area contributed by atoms with E-state index in [-0.39, 0.29) is 4.99 Å². The lowest BCUT2D eigenvalue weighted by atomic mass is 10.3. The molecule has 0 saturated carbocycles. The standard InChI is InChI=1S/C12H9N5S/c13-12(18)9-6-15-11(7-14-9)17-10-4-2-1-3-8(10)5-16-17/h1-7H,(H2,13,18). The van der Waals surface area contributed by atoms with Crippen molar-refractivity contribution in [1.82, 2.24) is 19.7 Å². The van der Waals surface area contributed by atoms with Crippen molar-refractivity contribution < 1.29 is 0 Å². The molecule has 2 heterocycles. The van der Waals surface area contributed by atoms with E-state index < -0.39 is 0 Å². The molecule has 0 bridgehead atoms. The molecule has 6 heteroatoms. The molecule has 88 valence electrons. The predicted molar refractivity (Wildman–Crippen MR) is 72.5 cm³/mol. The molecule has 0 aliphatic rings. The minimum Gasteiger partial charge on any atom is -0.388 e. The van der Waals surface area contributed by atoms with E-state index in [4.69, 9.17) is 18.0 Å². The van der Waals surface area contributed by atoms with Gasteiger partial charge in [0.2, 0.25) is 0 Å². The summed E-state index contributed by atoms with van der Waals surface area (Å²) in [5, 5.41) is 5.34. The molecule has 2 aromatic heterocycles. The molecule has 0 atom stereocenters. The van der Waals surface area contributed by atoms with Gasteiger partial charge in [-0.2, -0.15) is 5.10 Å². The van der Waals surface area contributed by atoms with Crippen LogP contribution in [-0.4, -0.2) is 24.7 Å². The number of hydrogen-bond acceptors (Lipinski definition) is 4. The maximum Gasteiger partial charge on any atom is 0.172 e. The zero-order chi connectivity index (χ0) is 12.5. The van der Waals surface area contributed by atoms with Crippen molar-refractivity contribution in [3.8, 4) is 5.82 Å². The molecule has 1 aromatic carbocycles. The third-order valence-electron chi connectivity index (χ3n) is 2.58. The average molecular weight is 255 g/mol. The summed E-state index contributed by atoms with van der Waals surface area (Å²) in [6.07, 6.45) is 4.94. The van der Waals surface area contributed by atoms with E-state index in [9.17, 15) is 0 Å². The van der Waals surface area contributed by atoms with Gasteiger partial charge in [-0.05, 0) is 6.07 Å². The van der Waals surface area contributed by atoms with Crippen LogP contribution in [0.4, 0.5) is 0 Å². The highest BCUT2D eigenvalue weighted by Crippen LogP contribution is 2.15. The van der Waals surface area contributed by atoms with Gasteiger partial charge in [0.25, 0.3) is 0 Å². The van der Waals surface area contributed by atoms with Gasteiger partial charge < -0.3 is 5.73 Å². The predicted octanol–water partition coefficient (Wildman–Crippen LogP) is 1.45. The summed E-state index contributed by atoms with van der Waals surface area (Å²) in [7, 11) is 0. The molecule has 18 heavy (non-hydrogen) atoms. The summed E-state index contributed by atoms with van der Waals surface area (Å²) in [5.74, 6) is 0.635. The second-order valence-corrected chi connectivity index (χ2v) is 4.18. The monoisotopic (exact) mass is 255 g/mol. The van der Waals surface area contributed by atoms with E-state index in [1.807, 2.05) is 24.3 Å². The number of nitrogens with two attached hydrogens (primary N) is 1. The first-order chi connectivity index (χ1) is 8.75. The van der Waals surface area contributed by atoms with Crippen LogP contribution in [0.5, 0.6) is 0 Å². The van der Waals surface area contributed by atoms with Crippen LogP contribution < -0.4 is 5.73 Å². The summed E-state index contributed by atoms with van der Waals surface area (Å²) >= 11 is 4.84. The Balaban J connectivity index is 2.12. The van der Waals surface area contributed by atoms with Crippen molar-refractivity contribution in [2.24, 2.45) is 5.73 Å². The Morgan fingerprint density at radius 2 is 1.94 bits per heavy atom. The van der Waals surface area contributed by atoms with Crippen LogP contribution in [0.15, 0.2) is 42.9 Å². The fraction of sp³-hybridized carbons (Fsp3) is 0.